The number of rotatable bonds is 2. The van der Waals surface area contributed by atoms with Crippen molar-refractivity contribution < 1.29 is 0 Å². The Morgan fingerprint density at radius 2 is 2.06 bits per heavy atom. The van der Waals surface area contributed by atoms with Crippen LogP contribution in [0.2, 0.25) is 0 Å². The molecule has 0 radical (unpaired) electrons. The molecule has 0 fully saturated rings. The third-order valence-corrected chi connectivity index (χ3v) is 3.76. The summed E-state index contributed by atoms with van der Waals surface area (Å²) in [6.45, 7) is 6.00. The third kappa shape index (κ3) is 2.13. The first-order valence-corrected chi connectivity index (χ1v) is 6.05. The highest BCUT2D eigenvalue weighted by atomic mass is 32.1. The van der Waals surface area contributed by atoms with Gasteiger partial charge < -0.3 is 5.73 Å². The number of hydrogen-bond donors (Lipinski definition) is 1. The first kappa shape index (κ1) is 11.2. The molecule has 0 amide bonds. The van der Waals surface area contributed by atoms with Crippen LogP contribution in [0.1, 0.15) is 29.1 Å². The van der Waals surface area contributed by atoms with Crippen LogP contribution < -0.4 is 5.73 Å². The fourth-order valence-electron chi connectivity index (χ4n) is 1.53. The molecule has 0 saturated heterocycles. The van der Waals surface area contributed by atoms with Gasteiger partial charge in [0.15, 0.2) is 0 Å². The van der Waals surface area contributed by atoms with E-state index < -0.39 is 0 Å². The molecular formula is C12H15N3S. The van der Waals surface area contributed by atoms with Crippen LogP contribution in [0.5, 0.6) is 0 Å². The monoisotopic (exact) mass is 233 g/mol. The first-order chi connectivity index (χ1) is 7.58. The SMILES string of the molecule is Cc1ccc(-c2nc(C)c(C(C)N)s2)nc1. The predicted octanol–water partition coefficient (Wildman–Crippen LogP) is 2.84. The fraction of sp³-hybridized carbons (Fsp3) is 0.333. The van der Waals surface area contributed by atoms with Gasteiger partial charge in [0.2, 0.25) is 0 Å². The highest BCUT2D eigenvalue weighted by molar-refractivity contribution is 7.15. The van der Waals surface area contributed by atoms with E-state index in [0.29, 0.717) is 0 Å². The molecule has 0 spiro atoms. The van der Waals surface area contributed by atoms with Crippen LogP contribution in [-0.4, -0.2) is 9.97 Å². The Bertz CT molecular complexity index is 485. The molecule has 2 aromatic heterocycles. The third-order valence-electron chi connectivity index (χ3n) is 2.38. The van der Waals surface area contributed by atoms with E-state index in [-0.39, 0.29) is 6.04 Å². The Morgan fingerprint density at radius 1 is 1.31 bits per heavy atom. The van der Waals surface area contributed by atoms with E-state index in [1.165, 1.54) is 0 Å². The lowest BCUT2D eigenvalue weighted by atomic mass is 10.2. The summed E-state index contributed by atoms with van der Waals surface area (Å²) in [5, 5.41) is 0.949. The van der Waals surface area contributed by atoms with Crippen molar-refractivity contribution in [1.82, 2.24) is 9.97 Å². The minimum Gasteiger partial charge on any atom is -0.323 e. The largest absolute Gasteiger partial charge is 0.323 e. The van der Waals surface area contributed by atoms with Crippen LogP contribution in [0.15, 0.2) is 18.3 Å². The van der Waals surface area contributed by atoms with Gasteiger partial charge in [-0.05, 0) is 32.4 Å². The Balaban J connectivity index is 2.41. The van der Waals surface area contributed by atoms with E-state index in [1.807, 2.05) is 39.1 Å². The Morgan fingerprint density at radius 3 is 2.56 bits per heavy atom. The first-order valence-electron chi connectivity index (χ1n) is 5.24. The number of pyridine rings is 1. The molecule has 2 rings (SSSR count). The number of nitrogens with two attached hydrogens (primary N) is 1. The van der Waals surface area contributed by atoms with Crippen LogP contribution >= 0.6 is 11.3 Å². The lowest BCUT2D eigenvalue weighted by Crippen LogP contribution is -2.03. The number of nitrogens with zero attached hydrogens (tertiary/aromatic N) is 2. The molecule has 2 aromatic rings. The predicted molar refractivity (Wildman–Crippen MR) is 67.4 cm³/mol. The summed E-state index contributed by atoms with van der Waals surface area (Å²) < 4.78 is 0. The van der Waals surface area contributed by atoms with E-state index in [1.54, 1.807) is 11.3 Å². The van der Waals surface area contributed by atoms with Gasteiger partial charge in [0.1, 0.15) is 5.01 Å². The van der Waals surface area contributed by atoms with Gasteiger partial charge in [-0.3, -0.25) is 4.98 Å². The van der Waals surface area contributed by atoms with Gasteiger partial charge in [-0.15, -0.1) is 11.3 Å². The van der Waals surface area contributed by atoms with Crippen molar-refractivity contribution in [3.63, 3.8) is 0 Å². The molecule has 0 aliphatic carbocycles. The summed E-state index contributed by atoms with van der Waals surface area (Å²) >= 11 is 1.63. The van der Waals surface area contributed by atoms with Gasteiger partial charge in [-0.2, -0.15) is 0 Å². The summed E-state index contributed by atoms with van der Waals surface area (Å²) in [7, 11) is 0. The maximum absolute atomic E-state index is 5.88. The molecule has 84 valence electrons. The van der Waals surface area contributed by atoms with Crippen molar-refractivity contribution in [3.8, 4) is 10.7 Å². The highest BCUT2D eigenvalue weighted by Gasteiger charge is 2.12. The fourth-order valence-corrected chi connectivity index (χ4v) is 2.53. The molecule has 0 bridgehead atoms. The molecule has 1 unspecified atom stereocenters. The quantitative estimate of drug-likeness (QED) is 0.867. The maximum Gasteiger partial charge on any atom is 0.142 e. The summed E-state index contributed by atoms with van der Waals surface area (Å²) in [6, 6.07) is 4.08. The Hall–Kier alpha value is -1.26. The average Bonchev–Trinajstić information content (AvgIpc) is 2.61. The van der Waals surface area contributed by atoms with Gasteiger partial charge in [0.05, 0.1) is 11.4 Å². The van der Waals surface area contributed by atoms with E-state index in [0.717, 1.165) is 26.8 Å². The Kier molecular flexibility index (Phi) is 3.03. The summed E-state index contributed by atoms with van der Waals surface area (Å²) in [4.78, 5) is 10.0. The summed E-state index contributed by atoms with van der Waals surface area (Å²) in [6.07, 6.45) is 1.86. The number of aryl methyl sites for hydroxylation is 2. The molecule has 4 heteroatoms. The van der Waals surface area contributed by atoms with Gasteiger partial charge >= 0.3 is 0 Å². The van der Waals surface area contributed by atoms with E-state index in [2.05, 4.69) is 9.97 Å². The van der Waals surface area contributed by atoms with Crippen LogP contribution in [0.4, 0.5) is 0 Å². The molecule has 2 heterocycles. The molecule has 3 nitrogen and oxygen atoms in total. The van der Waals surface area contributed by atoms with Crippen molar-refractivity contribution >= 4 is 11.3 Å². The number of thiazole rings is 1. The van der Waals surface area contributed by atoms with Crippen LogP contribution in [0, 0.1) is 13.8 Å². The number of aromatic nitrogens is 2. The highest BCUT2D eigenvalue weighted by Crippen LogP contribution is 2.29. The molecule has 0 aliphatic heterocycles. The van der Waals surface area contributed by atoms with Gasteiger partial charge in [-0.25, -0.2) is 4.98 Å². The zero-order chi connectivity index (χ0) is 11.7. The lowest BCUT2D eigenvalue weighted by Gasteiger charge is -1.99. The standard InChI is InChI=1S/C12H15N3S/c1-7-4-5-10(14-6-7)12-15-9(3)11(16-12)8(2)13/h4-6,8H,13H2,1-3H3. The van der Waals surface area contributed by atoms with Gasteiger partial charge in [0.25, 0.3) is 0 Å². The second-order valence-electron chi connectivity index (χ2n) is 3.98. The zero-order valence-corrected chi connectivity index (χ0v) is 10.5. The molecule has 0 aliphatic rings. The average molecular weight is 233 g/mol. The summed E-state index contributed by atoms with van der Waals surface area (Å²) in [5.74, 6) is 0. The van der Waals surface area contributed by atoms with Crippen molar-refractivity contribution in [1.29, 1.82) is 0 Å². The van der Waals surface area contributed by atoms with Crippen LogP contribution in [0.25, 0.3) is 10.7 Å². The minimum atomic E-state index is 0.0386. The molecular weight excluding hydrogens is 218 g/mol. The van der Waals surface area contributed by atoms with Gasteiger partial charge in [0, 0.05) is 17.1 Å². The lowest BCUT2D eigenvalue weighted by molar-refractivity contribution is 0.825. The van der Waals surface area contributed by atoms with Gasteiger partial charge in [-0.1, -0.05) is 6.07 Å². The van der Waals surface area contributed by atoms with E-state index >= 15 is 0 Å². The number of hydrogen-bond acceptors (Lipinski definition) is 4. The molecule has 2 N–H and O–H groups in total. The molecule has 16 heavy (non-hydrogen) atoms. The summed E-state index contributed by atoms with van der Waals surface area (Å²) in [5.41, 5.74) is 8.97. The van der Waals surface area contributed by atoms with Crippen LogP contribution in [-0.2, 0) is 0 Å². The topological polar surface area (TPSA) is 51.8 Å². The maximum atomic E-state index is 5.88. The smallest absolute Gasteiger partial charge is 0.142 e. The zero-order valence-electron chi connectivity index (χ0n) is 9.69. The minimum absolute atomic E-state index is 0.0386. The van der Waals surface area contributed by atoms with E-state index in [9.17, 15) is 0 Å². The van der Waals surface area contributed by atoms with Crippen LogP contribution in [0.3, 0.4) is 0 Å². The van der Waals surface area contributed by atoms with Crippen molar-refractivity contribution in [2.75, 3.05) is 0 Å². The molecule has 1 atom stereocenters. The van der Waals surface area contributed by atoms with Crippen molar-refractivity contribution in [3.05, 3.63) is 34.5 Å². The van der Waals surface area contributed by atoms with Crippen molar-refractivity contribution in [2.45, 2.75) is 26.8 Å². The molecule has 0 aromatic carbocycles. The Labute approximate surface area is 99.4 Å². The van der Waals surface area contributed by atoms with E-state index in [4.69, 9.17) is 5.73 Å². The second kappa shape index (κ2) is 4.31. The second-order valence-corrected chi connectivity index (χ2v) is 5.01. The normalized spacial score (nSPS) is 12.8. The molecule has 0 saturated carbocycles. The van der Waals surface area contributed by atoms with Crippen molar-refractivity contribution in [2.24, 2.45) is 5.73 Å².